The highest BCUT2D eigenvalue weighted by Crippen LogP contribution is 2.39. The van der Waals surface area contributed by atoms with Crippen molar-refractivity contribution >= 4 is 8.07 Å². The molecule has 0 aromatic heterocycles. The van der Waals surface area contributed by atoms with E-state index < -0.39 is 8.07 Å². The van der Waals surface area contributed by atoms with Crippen LogP contribution in [0.5, 0.6) is 0 Å². The lowest BCUT2D eigenvalue weighted by Gasteiger charge is -2.36. The molecule has 14 heavy (non-hydrogen) atoms. The van der Waals surface area contributed by atoms with E-state index in [0.29, 0.717) is 23.7 Å². The number of ether oxygens (including phenoxy) is 1. The second-order valence-electron chi connectivity index (χ2n) is 6.16. The first-order valence-electron chi connectivity index (χ1n) is 5.50. The van der Waals surface area contributed by atoms with E-state index in [9.17, 15) is 0 Å². The van der Waals surface area contributed by atoms with Gasteiger partial charge in [-0.2, -0.15) is 0 Å². The molecular weight excluding hydrogens is 192 g/mol. The Balaban J connectivity index is 2.31. The Kier molecular flexibility index (Phi) is 3.44. The van der Waals surface area contributed by atoms with E-state index >= 15 is 0 Å². The Bertz CT molecular complexity index is 196. The molecule has 3 heteroatoms. The van der Waals surface area contributed by atoms with Gasteiger partial charge in [0.05, 0.1) is 14.2 Å². The lowest BCUT2D eigenvalue weighted by Crippen LogP contribution is -2.42. The summed E-state index contributed by atoms with van der Waals surface area (Å²) >= 11 is 0. The molecule has 0 spiro atoms. The van der Waals surface area contributed by atoms with E-state index in [-0.39, 0.29) is 0 Å². The quantitative estimate of drug-likeness (QED) is 0.731. The van der Waals surface area contributed by atoms with Crippen LogP contribution in [0.3, 0.4) is 0 Å². The fraction of sp³-hybridized carbons (Fsp3) is 1.00. The summed E-state index contributed by atoms with van der Waals surface area (Å²) in [6.07, 6.45) is 2.34. The minimum absolute atomic E-state index is 0.294. The third kappa shape index (κ3) is 2.81. The van der Waals surface area contributed by atoms with Gasteiger partial charge in [-0.05, 0) is 11.5 Å². The van der Waals surface area contributed by atoms with Gasteiger partial charge in [0, 0.05) is 18.8 Å². The molecule has 1 N–H and O–H groups in total. The zero-order valence-electron chi connectivity index (χ0n) is 10.1. The summed E-state index contributed by atoms with van der Waals surface area (Å²) in [5.74, 6) is 0.430. The Morgan fingerprint density at radius 2 is 1.93 bits per heavy atom. The van der Waals surface area contributed by atoms with E-state index in [1.807, 2.05) is 0 Å². The van der Waals surface area contributed by atoms with Crippen LogP contribution in [0.25, 0.3) is 0 Å². The lowest BCUT2D eigenvalue weighted by molar-refractivity contribution is 0.128. The normalized spacial score (nSPS) is 27.9. The zero-order valence-corrected chi connectivity index (χ0v) is 11.1. The number of hydrogen-bond acceptors (Lipinski definition) is 2. The summed E-state index contributed by atoms with van der Waals surface area (Å²) in [5, 5.41) is 9.30. The highest BCUT2D eigenvalue weighted by atomic mass is 28.3. The van der Waals surface area contributed by atoms with Crippen LogP contribution >= 0.6 is 0 Å². The van der Waals surface area contributed by atoms with Crippen molar-refractivity contribution in [1.29, 1.82) is 0 Å². The van der Waals surface area contributed by atoms with Crippen molar-refractivity contribution in [3.63, 3.8) is 0 Å². The van der Waals surface area contributed by atoms with Gasteiger partial charge in [-0.1, -0.05) is 33.9 Å². The van der Waals surface area contributed by atoms with Crippen LogP contribution in [0.1, 0.15) is 27.2 Å². The van der Waals surface area contributed by atoms with Gasteiger partial charge in [-0.15, -0.1) is 0 Å². The molecule has 0 aliphatic heterocycles. The first-order chi connectivity index (χ1) is 6.28. The Morgan fingerprint density at radius 3 is 2.29 bits per heavy atom. The molecule has 0 unspecified atom stereocenters. The van der Waals surface area contributed by atoms with Crippen LogP contribution in [-0.2, 0) is 4.74 Å². The molecule has 2 nitrogen and oxygen atoms in total. The Morgan fingerprint density at radius 1 is 1.36 bits per heavy atom. The predicted octanol–water partition coefficient (Wildman–Crippen LogP) is 2.43. The molecule has 1 aliphatic carbocycles. The molecule has 1 aliphatic rings. The van der Waals surface area contributed by atoms with E-state index in [1.165, 1.54) is 0 Å². The minimum Gasteiger partial charge on any atom is -0.396 e. The molecular formula is C11H24O2Si. The number of aliphatic hydroxyl groups is 1. The maximum atomic E-state index is 8.90. The largest absolute Gasteiger partial charge is 0.396 e. The first-order valence-corrected chi connectivity index (χ1v) is 8.71. The minimum atomic E-state index is -1.27. The van der Waals surface area contributed by atoms with Crippen molar-refractivity contribution in [1.82, 2.24) is 0 Å². The molecule has 1 saturated carbocycles. The Labute approximate surface area is 88.7 Å². The molecule has 2 atom stereocenters. The van der Waals surface area contributed by atoms with Gasteiger partial charge in [0.25, 0.3) is 0 Å². The third-order valence-corrected chi connectivity index (χ3v) is 8.73. The van der Waals surface area contributed by atoms with Crippen LogP contribution in [-0.4, -0.2) is 32.1 Å². The Hall–Kier alpha value is 0.137. The summed E-state index contributed by atoms with van der Waals surface area (Å²) in [5.41, 5.74) is 0. The van der Waals surface area contributed by atoms with Crippen molar-refractivity contribution in [3.05, 3.63) is 0 Å². The number of rotatable bonds is 4. The van der Waals surface area contributed by atoms with Gasteiger partial charge in [0.15, 0.2) is 0 Å². The van der Waals surface area contributed by atoms with Crippen LogP contribution < -0.4 is 0 Å². The number of hydrogen-bond donors (Lipinski definition) is 1. The molecule has 0 aromatic rings. The van der Waals surface area contributed by atoms with Crippen LogP contribution in [0.4, 0.5) is 0 Å². The molecule has 0 heterocycles. The molecule has 1 fully saturated rings. The van der Waals surface area contributed by atoms with Gasteiger partial charge < -0.3 is 9.84 Å². The van der Waals surface area contributed by atoms with Crippen molar-refractivity contribution in [2.75, 3.05) is 12.8 Å². The molecule has 84 valence electrons. The maximum absolute atomic E-state index is 8.90. The zero-order chi connectivity index (χ0) is 11.0. The van der Waals surface area contributed by atoms with Crippen LogP contribution in [0, 0.1) is 5.92 Å². The van der Waals surface area contributed by atoms with Gasteiger partial charge in [-0.3, -0.25) is 0 Å². The standard InChI is InChI=1S/C11H24O2Si/c1-11(2,3)14(4,5)8-13-10-6-9(10)7-12/h9-10,12H,6-8H2,1-5H3/t9-,10+/m0/s1. The third-order valence-electron chi connectivity index (χ3n) is 3.78. The lowest BCUT2D eigenvalue weighted by atomic mass is 10.2. The van der Waals surface area contributed by atoms with Crippen molar-refractivity contribution < 1.29 is 9.84 Å². The van der Waals surface area contributed by atoms with Gasteiger partial charge in [0.2, 0.25) is 0 Å². The van der Waals surface area contributed by atoms with Gasteiger partial charge in [-0.25, -0.2) is 0 Å². The van der Waals surface area contributed by atoms with E-state index in [0.717, 1.165) is 12.7 Å². The molecule has 0 aromatic carbocycles. The molecule has 0 bridgehead atoms. The topological polar surface area (TPSA) is 29.5 Å². The van der Waals surface area contributed by atoms with Crippen molar-refractivity contribution in [2.24, 2.45) is 5.92 Å². The SMILES string of the molecule is CC(C)(C)[Si](C)(C)CO[C@@H]1C[C@H]1CO. The summed E-state index contributed by atoms with van der Waals surface area (Å²) in [6.45, 7) is 12.0. The van der Waals surface area contributed by atoms with E-state index in [4.69, 9.17) is 9.84 Å². The van der Waals surface area contributed by atoms with Crippen molar-refractivity contribution in [2.45, 2.75) is 51.4 Å². The second-order valence-corrected chi connectivity index (χ2v) is 11.7. The predicted molar refractivity (Wildman–Crippen MR) is 62.1 cm³/mol. The average molecular weight is 216 g/mol. The first kappa shape index (κ1) is 12.2. The smallest absolute Gasteiger partial charge is 0.0829 e. The summed E-state index contributed by atoms with van der Waals surface area (Å²) < 4.78 is 5.85. The highest BCUT2D eigenvalue weighted by Gasteiger charge is 2.41. The highest BCUT2D eigenvalue weighted by molar-refractivity contribution is 6.80. The number of aliphatic hydroxyl groups excluding tert-OH is 1. The summed E-state index contributed by atoms with van der Waals surface area (Å²) in [6, 6.07) is 0. The van der Waals surface area contributed by atoms with Crippen LogP contribution in [0.2, 0.25) is 18.1 Å². The average Bonchev–Trinajstić information content (AvgIpc) is 2.77. The maximum Gasteiger partial charge on any atom is 0.0829 e. The van der Waals surface area contributed by atoms with Crippen LogP contribution in [0.15, 0.2) is 0 Å². The molecule has 0 saturated heterocycles. The second kappa shape index (κ2) is 3.95. The monoisotopic (exact) mass is 216 g/mol. The van der Waals surface area contributed by atoms with E-state index in [1.54, 1.807) is 0 Å². The van der Waals surface area contributed by atoms with E-state index in [2.05, 4.69) is 33.9 Å². The van der Waals surface area contributed by atoms with Gasteiger partial charge >= 0.3 is 0 Å². The fourth-order valence-corrected chi connectivity index (χ4v) is 2.21. The molecule has 1 rings (SSSR count). The fourth-order valence-electron chi connectivity index (χ4n) is 1.15. The molecule has 0 radical (unpaired) electrons. The van der Waals surface area contributed by atoms with Gasteiger partial charge in [0.1, 0.15) is 0 Å². The summed E-state index contributed by atoms with van der Waals surface area (Å²) in [7, 11) is -1.27. The van der Waals surface area contributed by atoms with Crippen molar-refractivity contribution in [3.8, 4) is 0 Å². The summed E-state index contributed by atoms with van der Waals surface area (Å²) in [4.78, 5) is 0. The molecule has 0 amide bonds.